The average molecular weight is 148 g/mol. The Morgan fingerprint density at radius 1 is 1.30 bits per heavy atom. The molecule has 0 spiro atoms. The first-order valence-corrected chi connectivity index (χ1v) is 2.22. The molecule has 0 aromatic carbocycles. The molecule has 0 aromatic heterocycles. The Morgan fingerprint density at radius 3 is 1.80 bits per heavy atom. The van der Waals surface area contributed by atoms with Gasteiger partial charge >= 0.3 is 0 Å². The molecule has 0 rings (SSSR count). The minimum atomic E-state index is -3.33. The van der Waals surface area contributed by atoms with Crippen molar-refractivity contribution in [3.8, 4) is 0 Å². The molecule has 0 fully saturated rings. The SMILES string of the molecule is O=C([O-])CC(O)(O)C(=O)[O-]. The summed E-state index contributed by atoms with van der Waals surface area (Å²) < 4.78 is 0. The number of hydrogen-bond acceptors (Lipinski definition) is 6. The van der Waals surface area contributed by atoms with E-state index in [1.165, 1.54) is 0 Å². The van der Waals surface area contributed by atoms with Crippen molar-refractivity contribution in [1.29, 1.82) is 0 Å². The molecule has 0 aromatic rings. The van der Waals surface area contributed by atoms with E-state index in [1.54, 1.807) is 0 Å². The first-order valence-electron chi connectivity index (χ1n) is 2.22. The van der Waals surface area contributed by atoms with E-state index in [2.05, 4.69) is 0 Å². The summed E-state index contributed by atoms with van der Waals surface area (Å²) in [7, 11) is 0. The van der Waals surface area contributed by atoms with E-state index in [0.717, 1.165) is 0 Å². The molecule has 0 radical (unpaired) electrons. The third-order valence-corrected chi connectivity index (χ3v) is 0.718. The summed E-state index contributed by atoms with van der Waals surface area (Å²) >= 11 is 0. The average Bonchev–Trinajstić information content (AvgIpc) is 1.60. The van der Waals surface area contributed by atoms with E-state index in [0.29, 0.717) is 0 Å². The predicted octanol–water partition coefficient (Wildman–Crippen LogP) is -4.44. The Balaban J connectivity index is 4.13. The number of aliphatic carboxylic acids is 2. The smallest absolute Gasteiger partial charge is 0.209 e. The van der Waals surface area contributed by atoms with Gasteiger partial charge in [0, 0.05) is 12.4 Å². The summed E-state index contributed by atoms with van der Waals surface area (Å²) in [5.74, 6) is -7.48. The fourth-order valence-electron chi connectivity index (χ4n) is 0.273. The fourth-order valence-corrected chi connectivity index (χ4v) is 0.273. The Hall–Kier alpha value is -1.14. The van der Waals surface area contributed by atoms with E-state index in [4.69, 9.17) is 10.2 Å². The van der Waals surface area contributed by atoms with E-state index < -0.39 is 24.1 Å². The molecular weight excluding hydrogens is 144 g/mol. The van der Waals surface area contributed by atoms with Crippen LogP contribution >= 0.6 is 0 Å². The van der Waals surface area contributed by atoms with Crippen LogP contribution in [0.25, 0.3) is 0 Å². The van der Waals surface area contributed by atoms with Crippen LogP contribution in [0.5, 0.6) is 0 Å². The molecule has 0 atom stereocenters. The minimum Gasteiger partial charge on any atom is -0.550 e. The van der Waals surface area contributed by atoms with Crippen LogP contribution in [0.2, 0.25) is 0 Å². The van der Waals surface area contributed by atoms with Crippen molar-refractivity contribution in [3.63, 3.8) is 0 Å². The van der Waals surface area contributed by atoms with Gasteiger partial charge in [0.1, 0.15) is 5.97 Å². The monoisotopic (exact) mass is 148 g/mol. The number of aliphatic hydroxyl groups is 2. The number of carboxylic acids is 2. The first-order chi connectivity index (χ1) is 4.36. The van der Waals surface area contributed by atoms with Crippen LogP contribution in [0, 0.1) is 0 Å². The van der Waals surface area contributed by atoms with Crippen LogP contribution < -0.4 is 10.2 Å². The second-order valence-electron chi connectivity index (χ2n) is 1.65. The normalized spacial score (nSPS) is 11.0. The number of carbonyl (C=O) groups is 2. The molecule has 10 heavy (non-hydrogen) atoms. The third kappa shape index (κ3) is 2.42. The van der Waals surface area contributed by atoms with Crippen LogP contribution in [-0.4, -0.2) is 27.9 Å². The molecule has 58 valence electrons. The maximum atomic E-state index is 9.65. The van der Waals surface area contributed by atoms with Gasteiger partial charge in [-0.05, 0) is 0 Å². The van der Waals surface area contributed by atoms with Gasteiger partial charge in [-0.25, -0.2) is 0 Å². The van der Waals surface area contributed by atoms with E-state index in [1.807, 2.05) is 0 Å². The van der Waals surface area contributed by atoms with Gasteiger partial charge in [0.2, 0.25) is 5.79 Å². The molecule has 0 aliphatic heterocycles. The lowest BCUT2D eigenvalue weighted by Gasteiger charge is -2.22. The van der Waals surface area contributed by atoms with Crippen molar-refractivity contribution in [2.75, 3.05) is 0 Å². The molecule has 6 heteroatoms. The molecule has 0 saturated heterocycles. The van der Waals surface area contributed by atoms with Gasteiger partial charge in [0.05, 0.1) is 0 Å². The molecule has 0 bridgehead atoms. The number of hydrogen-bond donors (Lipinski definition) is 2. The van der Waals surface area contributed by atoms with Crippen molar-refractivity contribution in [1.82, 2.24) is 0 Å². The van der Waals surface area contributed by atoms with Crippen LogP contribution in [0.1, 0.15) is 6.42 Å². The molecule has 0 saturated carbocycles. The van der Waals surface area contributed by atoms with Crippen molar-refractivity contribution < 1.29 is 30.0 Å². The van der Waals surface area contributed by atoms with Gasteiger partial charge in [0.25, 0.3) is 0 Å². The zero-order chi connectivity index (χ0) is 8.36. The van der Waals surface area contributed by atoms with Gasteiger partial charge in [-0.2, -0.15) is 0 Å². The largest absolute Gasteiger partial charge is 0.550 e. The fraction of sp³-hybridized carbons (Fsp3) is 0.500. The van der Waals surface area contributed by atoms with Crippen LogP contribution in [0.4, 0.5) is 0 Å². The van der Waals surface area contributed by atoms with Crippen molar-refractivity contribution >= 4 is 11.9 Å². The summed E-state index contributed by atoms with van der Waals surface area (Å²) in [6.07, 6.45) is -1.41. The Bertz CT molecular complexity index is 159. The summed E-state index contributed by atoms with van der Waals surface area (Å²) in [6, 6.07) is 0. The van der Waals surface area contributed by atoms with Crippen molar-refractivity contribution in [2.45, 2.75) is 12.2 Å². The standard InChI is InChI=1S/C4H6O6/c5-2(6)1-4(9,10)3(7)8/h9-10H,1H2,(H,5,6)(H,7,8)/p-2. The molecule has 0 heterocycles. The van der Waals surface area contributed by atoms with Crippen LogP contribution in [0.3, 0.4) is 0 Å². The Labute approximate surface area is 55.3 Å². The van der Waals surface area contributed by atoms with Crippen LogP contribution in [0.15, 0.2) is 0 Å². The van der Waals surface area contributed by atoms with Crippen LogP contribution in [-0.2, 0) is 9.59 Å². The number of rotatable bonds is 3. The van der Waals surface area contributed by atoms with Gasteiger partial charge in [-0.15, -0.1) is 0 Å². The van der Waals surface area contributed by atoms with Crippen molar-refractivity contribution in [3.05, 3.63) is 0 Å². The quantitative estimate of drug-likeness (QED) is 0.389. The van der Waals surface area contributed by atoms with Crippen molar-refractivity contribution in [2.24, 2.45) is 0 Å². The first kappa shape index (κ1) is 8.86. The summed E-state index contributed by atoms with van der Waals surface area (Å²) in [6.45, 7) is 0. The lowest BCUT2D eigenvalue weighted by Crippen LogP contribution is -2.51. The van der Waals surface area contributed by atoms with Gasteiger partial charge < -0.3 is 30.0 Å². The minimum absolute atomic E-state index is 1.41. The number of carbonyl (C=O) groups excluding carboxylic acids is 2. The van der Waals surface area contributed by atoms with Gasteiger partial charge in [-0.3, -0.25) is 0 Å². The maximum absolute atomic E-state index is 9.65. The molecule has 0 aliphatic rings. The maximum Gasteiger partial charge on any atom is 0.209 e. The zero-order valence-electron chi connectivity index (χ0n) is 4.73. The second kappa shape index (κ2) is 2.63. The number of carboxylic acid groups (broad SMARTS) is 2. The molecule has 0 amide bonds. The molecule has 0 unspecified atom stereocenters. The molecule has 0 aliphatic carbocycles. The molecular formula is C4H4O6-2. The lowest BCUT2D eigenvalue weighted by atomic mass is 10.2. The van der Waals surface area contributed by atoms with E-state index >= 15 is 0 Å². The van der Waals surface area contributed by atoms with Gasteiger partial charge in [-0.1, -0.05) is 0 Å². The van der Waals surface area contributed by atoms with Gasteiger partial charge in [0.15, 0.2) is 0 Å². The topological polar surface area (TPSA) is 121 Å². The highest BCUT2D eigenvalue weighted by molar-refractivity contribution is 5.79. The highest BCUT2D eigenvalue weighted by Gasteiger charge is 2.24. The second-order valence-corrected chi connectivity index (χ2v) is 1.65. The predicted molar refractivity (Wildman–Crippen MR) is 21.8 cm³/mol. The Kier molecular flexibility index (Phi) is 2.33. The zero-order valence-corrected chi connectivity index (χ0v) is 4.73. The lowest BCUT2D eigenvalue weighted by molar-refractivity contribution is -0.355. The van der Waals surface area contributed by atoms with E-state index in [-0.39, 0.29) is 0 Å². The summed E-state index contributed by atoms with van der Waals surface area (Å²) in [5, 5.41) is 35.7. The molecule has 6 nitrogen and oxygen atoms in total. The van der Waals surface area contributed by atoms with E-state index in [9.17, 15) is 19.8 Å². The Morgan fingerprint density at radius 2 is 1.70 bits per heavy atom. The summed E-state index contributed by atoms with van der Waals surface area (Å²) in [5.41, 5.74) is 0. The highest BCUT2D eigenvalue weighted by atomic mass is 16.5. The highest BCUT2D eigenvalue weighted by Crippen LogP contribution is 2.01. The third-order valence-electron chi connectivity index (χ3n) is 0.718. The molecule has 2 N–H and O–H groups in total. The summed E-state index contributed by atoms with van der Waals surface area (Å²) in [4.78, 5) is 19.3.